The molecule has 34 heavy (non-hydrogen) atoms. The van der Waals surface area contributed by atoms with Gasteiger partial charge in [-0.2, -0.15) is 5.10 Å². The van der Waals surface area contributed by atoms with E-state index in [1.807, 2.05) is 6.07 Å². The quantitative estimate of drug-likeness (QED) is 0.340. The lowest BCUT2D eigenvalue weighted by Crippen LogP contribution is -3.16. The number of hydrogen-bond acceptors (Lipinski definition) is 7. The monoisotopic (exact) mass is 466 g/mol. The number of primary amides is 1. The van der Waals surface area contributed by atoms with Crippen LogP contribution in [0.5, 0.6) is 0 Å². The molecule has 180 valence electrons. The zero-order chi connectivity index (χ0) is 24.7. The van der Waals surface area contributed by atoms with Crippen LogP contribution in [0.15, 0.2) is 60.9 Å². The summed E-state index contributed by atoms with van der Waals surface area (Å²) >= 11 is 0. The van der Waals surface area contributed by atoms with E-state index in [2.05, 4.69) is 28.8 Å². The van der Waals surface area contributed by atoms with E-state index >= 15 is 0 Å². The van der Waals surface area contributed by atoms with Crippen molar-refractivity contribution < 1.29 is 19.8 Å². The fraction of sp³-hybridized carbons (Fsp3) is 0.333. The Bertz CT molecular complexity index is 1100. The lowest BCUT2D eigenvalue weighted by Gasteiger charge is -2.31. The molecule has 3 unspecified atom stereocenters. The smallest absolute Gasteiger partial charge is 0.348 e. The molecule has 1 aromatic carbocycles. The van der Waals surface area contributed by atoms with Crippen molar-refractivity contribution in [2.45, 2.75) is 39.0 Å². The molecule has 2 heterocycles. The summed E-state index contributed by atoms with van der Waals surface area (Å²) in [6, 6.07) is 12.4. The highest BCUT2D eigenvalue weighted by atomic mass is 16.5. The van der Waals surface area contributed by atoms with Crippen molar-refractivity contribution in [3.63, 3.8) is 0 Å². The van der Waals surface area contributed by atoms with Crippen LogP contribution >= 0.6 is 0 Å². The van der Waals surface area contributed by atoms with Gasteiger partial charge in [0.2, 0.25) is 0 Å². The van der Waals surface area contributed by atoms with Crippen LogP contribution < -0.4 is 10.8 Å². The number of carbonyl (C=O) groups is 2. The number of amides is 2. The van der Waals surface area contributed by atoms with E-state index in [0.29, 0.717) is 12.1 Å². The highest BCUT2D eigenvalue weighted by molar-refractivity contribution is 5.91. The fourth-order valence-electron chi connectivity index (χ4n) is 3.71. The highest BCUT2D eigenvalue weighted by Gasteiger charge is 2.35. The molecule has 0 aliphatic carbocycles. The standard InChI is InChI=1S/C24H30N6O4/c1-3-28(4-2)16-18-12-14-29(27-18)23-19(11-8-13-26-23)24(33)30(34)20(21(31)22(25)32)15-17-9-6-5-7-10-17/h5-14,20-21,30-31H,3-4,15-16H2,1-2H3,(H2,25,32). The minimum atomic E-state index is -1.80. The SMILES string of the molecule is CCN(CC)Cc1ccn(-c2ncccc2C(=O)[NH+]([O-])C(Cc2ccccc2)C(O)C(N)=O)n1. The van der Waals surface area contributed by atoms with E-state index < -0.39 is 29.0 Å². The third-order valence-corrected chi connectivity index (χ3v) is 5.70. The summed E-state index contributed by atoms with van der Waals surface area (Å²) < 4.78 is 1.45. The number of quaternary nitrogens is 1. The van der Waals surface area contributed by atoms with Gasteiger partial charge < -0.3 is 16.0 Å². The van der Waals surface area contributed by atoms with Crippen molar-refractivity contribution in [3.8, 4) is 5.82 Å². The van der Waals surface area contributed by atoms with Gasteiger partial charge in [0.05, 0.1) is 5.69 Å². The Morgan fingerprint density at radius 3 is 2.50 bits per heavy atom. The van der Waals surface area contributed by atoms with E-state index in [4.69, 9.17) is 5.73 Å². The normalized spacial score (nSPS) is 14.0. The number of aliphatic hydroxyl groups excluding tert-OH is 1. The number of hydroxylamine groups is 2. The second kappa shape index (κ2) is 11.6. The van der Waals surface area contributed by atoms with E-state index in [0.717, 1.165) is 18.8 Å². The first-order valence-corrected chi connectivity index (χ1v) is 11.2. The van der Waals surface area contributed by atoms with Gasteiger partial charge in [0.15, 0.2) is 11.9 Å². The van der Waals surface area contributed by atoms with Crippen LogP contribution in [0.2, 0.25) is 0 Å². The average Bonchev–Trinajstić information content (AvgIpc) is 3.33. The summed E-state index contributed by atoms with van der Waals surface area (Å²) in [5.74, 6) is -1.74. The van der Waals surface area contributed by atoms with Crippen LogP contribution in [0.25, 0.3) is 5.82 Å². The molecule has 3 atom stereocenters. The molecule has 0 fully saturated rings. The van der Waals surface area contributed by atoms with E-state index in [1.54, 1.807) is 42.6 Å². The van der Waals surface area contributed by atoms with Crippen molar-refractivity contribution in [1.29, 1.82) is 0 Å². The van der Waals surface area contributed by atoms with Gasteiger partial charge in [-0.25, -0.2) is 14.5 Å². The molecule has 0 aliphatic heterocycles. The third kappa shape index (κ3) is 5.91. The first-order valence-electron chi connectivity index (χ1n) is 11.2. The summed E-state index contributed by atoms with van der Waals surface area (Å²) in [4.78, 5) is 31.4. The van der Waals surface area contributed by atoms with E-state index in [9.17, 15) is 19.9 Å². The van der Waals surface area contributed by atoms with Gasteiger partial charge in [0.25, 0.3) is 5.91 Å². The number of aliphatic hydroxyl groups is 1. The van der Waals surface area contributed by atoms with Crippen molar-refractivity contribution in [1.82, 2.24) is 19.7 Å². The number of benzene rings is 1. The number of nitrogens with one attached hydrogen (secondary N) is 1. The maximum Gasteiger partial charge on any atom is 0.348 e. The minimum Gasteiger partial charge on any atom is -0.626 e. The maximum absolute atomic E-state index is 13.3. The van der Waals surface area contributed by atoms with Crippen molar-refractivity contribution in [2.75, 3.05) is 13.1 Å². The molecule has 0 saturated carbocycles. The van der Waals surface area contributed by atoms with Crippen LogP contribution in [0, 0.1) is 5.21 Å². The molecule has 4 N–H and O–H groups in total. The molecule has 0 radical (unpaired) electrons. The molecule has 10 heteroatoms. The van der Waals surface area contributed by atoms with Gasteiger partial charge in [-0.3, -0.25) is 14.8 Å². The average molecular weight is 467 g/mol. The topological polar surface area (TPSA) is 142 Å². The number of pyridine rings is 1. The van der Waals surface area contributed by atoms with E-state index in [1.165, 1.54) is 16.9 Å². The lowest BCUT2D eigenvalue weighted by molar-refractivity contribution is -0.792. The highest BCUT2D eigenvalue weighted by Crippen LogP contribution is 2.13. The Balaban J connectivity index is 1.90. The van der Waals surface area contributed by atoms with Crippen LogP contribution in [0.4, 0.5) is 0 Å². The fourth-order valence-corrected chi connectivity index (χ4v) is 3.71. The number of aromatic nitrogens is 3. The Labute approximate surface area is 198 Å². The Morgan fingerprint density at radius 2 is 1.85 bits per heavy atom. The summed E-state index contributed by atoms with van der Waals surface area (Å²) in [5, 5.41) is 27.2. The Hall–Kier alpha value is -3.44. The van der Waals surface area contributed by atoms with Crippen molar-refractivity contribution in [2.24, 2.45) is 5.73 Å². The second-order valence-corrected chi connectivity index (χ2v) is 7.92. The van der Waals surface area contributed by atoms with Crippen molar-refractivity contribution >= 4 is 11.8 Å². The summed E-state index contributed by atoms with van der Waals surface area (Å²) in [5.41, 5.74) is 6.78. The Morgan fingerprint density at radius 1 is 1.15 bits per heavy atom. The van der Waals surface area contributed by atoms with Crippen LogP contribution in [0.3, 0.4) is 0 Å². The number of carbonyl (C=O) groups excluding carboxylic acids is 2. The molecule has 10 nitrogen and oxygen atoms in total. The second-order valence-electron chi connectivity index (χ2n) is 7.92. The van der Waals surface area contributed by atoms with Crippen LogP contribution in [-0.2, 0) is 17.8 Å². The predicted octanol–water partition coefficient (Wildman–Crippen LogP) is 0.0895. The van der Waals surface area contributed by atoms with Gasteiger partial charge in [-0.1, -0.05) is 44.2 Å². The molecule has 3 aromatic rings. The van der Waals surface area contributed by atoms with Crippen molar-refractivity contribution in [3.05, 3.63) is 83.0 Å². The zero-order valence-corrected chi connectivity index (χ0v) is 19.3. The first kappa shape index (κ1) is 25.2. The maximum atomic E-state index is 13.3. The van der Waals surface area contributed by atoms with Gasteiger partial charge in [0.1, 0.15) is 11.6 Å². The minimum absolute atomic E-state index is 0.0130. The summed E-state index contributed by atoms with van der Waals surface area (Å²) in [6.07, 6.45) is 1.37. The molecular formula is C24H30N6O4. The van der Waals surface area contributed by atoms with Crippen LogP contribution in [-0.4, -0.2) is 61.8 Å². The number of nitrogens with zero attached hydrogens (tertiary/aromatic N) is 4. The molecule has 0 spiro atoms. The molecule has 2 amide bonds. The third-order valence-electron chi connectivity index (χ3n) is 5.70. The number of hydrogen-bond donors (Lipinski definition) is 3. The number of rotatable bonds is 11. The summed E-state index contributed by atoms with van der Waals surface area (Å²) in [7, 11) is 0. The Kier molecular flexibility index (Phi) is 8.61. The van der Waals surface area contributed by atoms with E-state index in [-0.39, 0.29) is 17.8 Å². The molecule has 2 aromatic heterocycles. The molecule has 0 aliphatic rings. The van der Waals surface area contributed by atoms with Gasteiger partial charge in [-0.15, -0.1) is 0 Å². The molecular weight excluding hydrogens is 436 g/mol. The zero-order valence-electron chi connectivity index (χ0n) is 19.3. The van der Waals surface area contributed by atoms with Gasteiger partial charge in [0, 0.05) is 25.4 Å². The number of nitrogens with two attached hydrogens (primary N) is 1. The first-order chi connectivity index (χ1) is 16.3. The molecule has 0 saturated heterocycles. The van der Waals surface area contributed by atoms with Gasteiger partial charge >= 0.3 is 5.91 Å². The molecule has 0 bridgehead atoms. The van der Waals surface area contributed by atoms with Gasteiger partial charge in [-0.05, 0) is 36.9 Å². The lowest BCUT2D eigenvalue weighted by atomic mass is 10.00. The summed E-state index contributed by atoms with van der Waals surface area (Å²) in [6.45, 7) is 6.51. The predicted molar refractivity (Wildman–Crippen MR) is 126 cm³/mol. The largest absolute Gasteiger partial charge is 0.626 e. The van der Waals surface area contributed by atoms with Crippen LogP contribution in [0.1, 0.15) is 35.5 Å². The molecule has 3 rings (SSSR count).